The molecule has 0 heterocycles. The van der Waals surface area contributed by atoms with Crippen LogP contribution in [0.1, 0.15) is 33.6 Å². The van der Waals surface area contributed by atoms with Crippen LogP contribution in [0.5, 0.6) is 0 Å². The minimum atomic E-state index is -1.11. The summed E-state index contributed by atoms with van der Waals surface area (Å²) in [6.07, 6.45) is 4.90. The van der Waals surface area contributed by atoms with Crippen molar-refractivity contribution < 1.29 is 19.8 Å². The number of ketones is 1. The summed E-state index contributed by atoms with van der Waals surface area (Å²) in [4.78, 5) is 23.3. The van der Waals surface area contributed by atoms with E-state index in [1.54, 1.807) is 6.08 Å². The Balaban J connectivity index is 2.38. The van der Waals surface area contributed by atoms with Gasteiger partial charge in [-0.3, -0.25) is 4.79 Å². The fraction of sp³-hybridized carbons (Fsp3) is 0.600. The zero-order chi connectivity index (χ0) is 14.4. The number of hydrogen-bond acceptors (Lipinski definition) is 3. The molecule has 2 aliphatic rings. The molecule has 0 radical (unpaired) electrons. The Morgan fingerprint density at radius 3 is 2.37 bits per heavy atom. The molecule has 4 heteroatoms. The van der Waals surface area contributed by atoms with Crippen LogP contribution in [-0.4, -0.2) is 28.6 Å². The van der Waals surface area contributed by atoms with Gasteiger partial charge in [-0.25, -0.2) is 4.79 Å². The van der Waals surface area contributed by atoms with Gasteiger partial charge in [-0.15, -0.1) is 0 Å². The Kier molecular flexibility index (Phi) is 3.17. The van der Waals surface area contributed by atoms with Gasteiger partial charge in [-0.2, -0.15) is 0 Å². The number of allylic oxidation sites excluding steroid dienone is 3. The Morgan fingerprint density at radius 1 is 1.42 bits per heavy atom. The lowest BCUT2D eigenvalue weighted by molar-refractivity contribution is -0.133. The standard InChI is InChI=1S/C15H20O4/c1-14(2)6-11(12(17)7-14)15(3)5-4-10(15)9(8-16)13(18)19/h4-5,11,16H,6-8H2,1-3H3,(H,18,19)/t11-,15+/m1/s1. The minimum Gasteiger partial charge on any atom is -0.478 e. The number of hydrogen-bond donors (Lipinski definition) is 2. The number of rotatable bonds is 3. The lowest BCUT2D eigenvalue weighted by Gasteiger charge is -2.41. The Bertz CT molecular complexity index is 498. The Hall–Kier alpha value is -1.42. The molecule has 0 amide bonds. The van der Waals surface area contributed by atoms with E-state index in [9.17, 15) is 14.7 Å². The van der Waals surface area contributed by atoms with Crippen molar-refractivity contribution in [3.8, 4) is 0 Å². The first-order chi connectivity index (χ1) is 8.71. The number of carboxylic acid groups (broad SMARTS) is 1. The average Bonchev–Trinajstić information content (AvgIpc) is 2.56. The number of aliphatic carboxylic acids is 1. The molecule has 2 rings (SSSR count). The summed E-state index contributed by atoms with van der Waals surface area (Å²) >= 11 is 0. The highest BCUT2D eigenvalue weighted by Gasteiger charge is 2.51. The summed E-state index contributed by atoms with van der Waals surface area (Å²) in [5.74, 6) is -1.10. The van der Waals surface area contributed by atoms with E-state index in [0.29, 0.717) is 12.0 Å². The SMILES string of the molecule is CC1(C)CC(=O)[C@H]([C@@]2(C)C=CC2=C(CO)C(=O)O)C1. The van der Waals surface area contributed by atoms with Crippen molar-refractivity contribution in [2.75, 3.05) is 6.61 Å². The monoisotopic (exact) mass is 264 g/mol. The molecule has 2 N–H and O–H groups in total. The smallest absolute Gasteiger partial charge is 0.334 e. The van der Waals surface area contributed by atoms with Crippen molar-refractivity contribution in [3.05, 3.63) is 23.3 Å². The third-order valence-corrected chi connectivity index (χ3v) is 4.44. The van der Waals surface area contributed by atoms with Gasteiger partial charge in [-0.05, 0) is 17.4 Å². The van der Waals surface area contributed by atoms with E-state index in [0.717, 1.165) is 6.42 Å². The van der Waals surface area contributed by atoms with Crippen molar-refractivity contribution >= 4 is 11.8 Å². The van der Waals surface area contributed by atoms with Crippen molar-refractivity contribution in [3.63, 3.8) is 0 Å². The summed E-state index contributed by atoms with van der Waals surface area (Å²) in [7, 11) is 0. The zero-order valence-electron chi connectivity index (χ0n) is 11.6. The maximum Gasteiger partial charge on any atom is 0.334 e. The Labute approximate surface area is 112 Å². The maximum absolute atomic E-state index is 12.2. The van der Waals surface area contributed by atoms with Crippen LogP contribution < -0.4 is 0 Å². The summed E-state index contributed by atoms with van der Waals surface area (Å²) in [6.45, 7) is 5.51. The number of aliphatic hydroxyl groups excluding tert-OH is 1. The molecule has 0 aromatic heterocycles. The molecule has 1 saturated carbocycles. The van der Waals surface area contributed by atoms with E-state index in [4.69, 9.17) is 5.11 Å². The molecule has 19 heavy (non-hydrogen) atoms. The molecule has 0 aromatic rings. The van der Waals surface area contributed by atoms with Crippen LogP contribution >= 0.6 is 0 Å². The second-order valence-corrected chi connectivity index (χ2v) is 6.54. The normalized spacial score (nSPS) is 35.2. The fourth-order valence-corrected chi connectivity index (χ4v) is 3.31. The number of aliphatic hydroxyl groups is 1. The van der Waals surface area contributed by atoms with E-state index in [2.05, 4.69) is 13.8 Å². The molecule has 0 bridgehead atoms. The van der Waals surface area contributed by atoms with Crippen LogP contribution in [0.25, 0.3) is 0 Å². The second kappa shape index (κ2) is 4.30. The largest absolute Gasteiger partial charge is 0.478 e. The molecule has 104 valence electrons. The molecule has 0 aromatic carbocycles. The van der Waals surface area contributed by atoms with Gasteiger partial charge in [0.15, 0.2) is 0 Å². The van der Waals surface area contributed by atoms with Gasteiger partial charge >= 0.3 is 5.97 Å². The number of carbonyl (C=O) groups is 2. The first-order valence-corrected chi connectivity index (χ1v) is 6.51. The fourth-order valence-electron chi connectivity index (χ4n) is 3.31. The molecule has 4 nitrogen and oxygen atoms in total. The van der Waals surface area contributed by atoms with Crippen LogP contribution in [-0.2, 0) is 9.59 Å². The average molecular weight is 264 g/mol. The third-order valence-electron chi connectivity index (χ3n) is 4.44. The zero-order valence-corrected chi connectivity index (χ0v) is 11.6. The molecule has 0 saturated heterocycles. The van der Waals surface area contributed by atoms with Crippen LogP contribution in [0.2, 0.25) is 0 Å². The van der Waals surface area contributed by atoms with Gasteiger partial charge in [0.05, 0.1) is 12.2 Å². The van der Waals surface area contributed by atoms with E-state index >= 15 is 0 Å². The molecular weight excluding hydrogens is 244 g/mol. The summed E-state index contributed by atoms with van der Waals surface area (Å²) in [5.41, 5.74) is 0.0319. The number of Topliss-reactive ketones (excluding diaryl/α,β-unsaturated/α-hetero) is 1. The van der Waals surface area contributed by atoms with Gasteiger partial charge < -0.3 is 10.2 Å². The second-order valence-electron chi connectivity index (χ2n) is 6.54. The molecule has 2 aliphatic carbocycles. The number of carbonyl (C=O) groups excluding carboxylic acids is 1. The lowest BCUT2D eigenvalue weighted by Crippen LogP contribution is -2.37. The van der Waals surface area contributed by atoms with Gasteiger partial charge in [0, 0.05) is 17.8 Å². The molecule has 0 aliphatic heterocycles. The van der Waals surface area contributed by atoms with Crippen molar-refractivity contribution in [1.29, 1.82) is 0 Å². The van der Waals surface area contributed by atoms with Gasteiger partial charge in [-0.1, -0.05) is 32.9 Å². The third kappa shape index (κ3) is 2.14. The van der Waals surface area contributed by atoms with E-state index in [1.165, 1.54) is 0 Å². The summed E-state index contributed by atoms with van der Waals surface area (Å²) in [5, 5.41) is 18.3. The Morgan fingerprint density at radius 2 is 2.05 bits per heavy atom. The highest BCUT2D eigenvalue weighted by atomic mass is 16.4. The topological polar surface area (TPSA) is 74.6 Å². The molecule has 1 fully saturated rings. The van der Waals surface area contributed by atoms with Gasteiger partial charge in [0.25, 0.3) is 0 Å². The molecule has 0 spiro atoms. The molecular formula is C15H20O4. The van der Waals surface area contributed by atoms with E-state index in [1.807, 2.05) is 13.0 Å². The highest BCUT2D eigenvalue weighted by molar-refractivity contribution is 5.91. The van der Waals surface area contributed by atoms with Crippen molar-refractivity contribution in [2.24, 2.45) is 16.7 Å². The first kappa shape index (κ1) is 14.0. The van der Waals surface area contributed by atoms with Gasteiger partial charge in [0.2, 0.25) is 0 Å². The summed E-state index contributed by atoms with van der Waals surface area (Å²) < 4.78 is 0. The predicted molar refractivity (Wildman–Crippen MR) is 70.5 cm³/mol. The van der Waals surface area contributed by atoms with E-state index < -0.39 is 18.0 Å². The van der Waals surface area contributed by atoms with Crippen LogP contribution in [0.15, 0.2) is 23.3 Å². The van der Waals surface area contributed by atoms with Crippen LogP contribution in [0, 0.1) is 16.7 Å². The van der Waals surface area contributed by atoms with E-state index in [-0.39, 0.29) is 22.7 Å². The lowest BCUT2D eigenvalue weighted by atomic mass is 9.62. The van der Waals surface area contributed by atoms with Crippen molar-refractivity contribution in [2.45, 2.75) is 33.6 Å². The van der Waals surface area contributed by atoms with Crippen LogP contribution in [0.3, 0.4) is 0 Å². The number of carboxylic acids is 1. The predicted octanol–water partition coefficient (Wildman–Crippen LogP) is 1.94. The van der Waals surface area contributed by atoms with Crippen molar-refractivity contribution in [1.82, 2.24) is 0 Å². The van der Waals surface area contributed by atoms with Crippen LogP contribution in [0.4, 0.5) is 0 Å². The maximum atomic E-state index is 12.2. The molecule has 2 atom stereocenters. The summed E-state index contributed by atoms with van der Waals surface area (Å²) in [6, 6.07) is 0. The highest BCUT2D eigenvalue weighted by Crippen LogP contribution is 2.54. The first-order valence-electron chi connectivity index (χ1n) is 6.51. The molecule has 0 unspecified atom stereocenters. The van der Waals surface area contributed by atoms with Gasteiger partial charge in [0.1, 0.15) is 5.78 Å². The quantitative estimate of drug-likeness (QED) is 0.764. The minimum absolute atomic E-state index is 0.00232.